The number of Topliss-reactive ketones (excluding diaryl/α,β-unsaturated/α-hetero) is 1. The van der Waals surface area contributed by atoms with E-state index in [2.05, 4.69) is 16.0 Å². The predicted octanol–water partition coefficient (Wildman–Crippen LogP) is 3.00. The highest BCUT2D eigenvalue weighted by Crippen LogP contribution is 2.20. The van der Waals surface area contributed by atoms with Gasteiger partial charge < -0.3 is 50.5 Å². The Morgan fingerprint density at radius 2 is 1.37 bits per heavy atom. The number of nitrogens with one attached hydrogen (secondary N) is 3. The van der Waals surface area contributed by atoms with Crippen LogP contribution in [-0.2, 0) is 49.5 Å². The zero-order valence-corrected chi connectivity index (χ0v) is 31.2. The number of esters is 1. The van der Waals surface area contributed by atoms with Crippen molar-refractivity contribution in [2.24, 2.45) is 11.7 Å². The molecule has 0 radical (unpaired) electrons. The molecule has 6 N–H and O–H groups in total. The molecule has 1 aromatic carbocycles. The molecule has 0 heterocycles. The van der Waals surface area contributed by atoms with Crippen molar-refractivity contribution in [3.05, 3.63) is 29.8 Å². The molecule has 0 aliphatic rings. The number of carbonyl (C=O) groups excluding carboxylic acids is 5. The summed E-state index contributed by atoms with van der Waals surface area (Å²) in [5.74, 6) is -3.17. The minimum Gasteiger partial charge on any atom is -0.460 e. The number of rotatable bonds is 25. The first-order valence-corrected chi connectivity index (χ1v) is 17.5. The minimum absolute atomic E-state index is 0.0186. The van der Waals surface area contributed by atoms with Crippen LogP contribution in [-0.4, -0.2) is 105 Å². The highest BCUT2D eigenvalue weighted by molar-refractivity contribution is 5.99. The molecule has 51 heavy (non-hydrogen) atoms. The zero-order chi connectivity index (χ0) is 38.3. The predicted molar refractivity (Wildman–Crippen MR) is 191 cm³/mol. The number of unbranched alkanes of at least 4 members (excludes halogenated alkanes) is 1. The number of ether oxygens (including phenoxy) is 5. The van der Waals surface area contributed by atoms with Gasteiger partial charge in [-0.15, -0.1) is 0 Å². The summed E-state index contributed by atoms with van der Waals surface area (Å²) in [6.45, 7) is 12.9. The largest absolute Gasteiger partial charge is 0.460 e. The molecule has 2 atom stereocenters. The lowest BCUT2D eigenvalue weighted by Gasteiger charge is -2.24. The third-order valence-corrected chi connectivity index (χ3v) is 6.85. The molecule has 0 saturated carbocycles. The van der Waals surface area contributed by atoms with Crippen LogP contribution in [0.15, 0.2) is 24.3 Å². The standard InChI is InChI=1S/C36H60N4O11/c1-35(2,3)50-32(44)24-27(33(45)39-28-12-10-26(25-41)11-13-28)23-30(42)29(9-7-8-16-38-34(46)51-36(4,5)6)40-31(43)14-17-47-19-21-49-22-20-48-18-15-37/h10-13,27,29,41H,7-9,14-25,37H2,1-6H3,(H,38,46)(H,39,45)(H,40,43)/t27-,29?/m0/s1. The fourth-order valence-corrected chi connectivity index (χ4v) is 4.51. The highest BCUT2D eigenvalue weighted by Gasteiger charge is 2.31. The first-order valence-electron chi connectivity index (χ1n) is 17.5. The summed E-state index contributed by atoms with van der Waals surface area (Å²) in [5, 5.41) is 17.5. The van der Waals surface area contributed by atoms with Gasteiger partial charge in [-0.3, -0.25) is 19.2 Å². The van der Waals surface area contributed by atoms with E-state index in [0.29, 0.717) is 57.1 Å². The summed E-state index contributed by atoms with van der Waals surface area (Å²) in [5.41, 5.74) is 4.99. The van der Waals surface area contributed by atoms with E-state index in [1.54, 1.807) is 65.8 Å². The van der Waals surface area contributed by atoms with E-state index >= 15 is 0 Å². The van der Waals surface area contributed by atoms with Gasteiger partial charge in [0.15, 0.2) is 5.78 Å². The van der Waals surface area contributed by atoms with E-state index in [1.165, 1.54) is 0 Å². The van der Waals surface area contributed by atoms with Gasteiger partial charge in [0, 0.05) is 31.6 Å². The Bertz CT molecular complexity index is 1200. The van der Waals surface area contributed by atoms with Crippen molar-refractivity contribution in [3.63, 3.8) is 0 Å². The maximum absolute atomic E-state index is 13.7. The number of alkyl carbamates (subject to hydrolysis) is 1. The minimum atomic E-state index is -1.10. The lowest BCUT2D eigenvalue weighted by Crippen LogP contribution is -2.43. The van der Waals surface area contributed by atoms with E-state index in [1.807, 2.05) is 0 Å². The van der Waals surface area contributed by atoms with Crippen molar-refractivity contribution in [2.75, 3.05) is 58.0 Å². The Morgan fingerprint density at radius 3 is 1.94 bits per heavy atom. The van der Waals surface area contributed by atoms with Gasteiger partial charge in [0.1, 0.15) is 11.2 Å². The number of amides is 3. The normalized spacial score (nSPS) is 12.8. The molecule has 0 saturated heterocycles. The van der Waals surface area contributed by atoms with Gasteiger partial charge >= 0.3 is 12.1 Å². The van der Waals surface area contributed by atoms with Crippen LogP contribution < -0.4 is 21.7 Å². The van der Waals surface area contributed by atoms with Crippen LogP contribution in [0.25, 0.3) is 0 Å². The molecule has 0 bridgehead atoms. The lowest BCUT2D eigenvalue weighted by atomic mass is 9.92. The number of hydrogen-bond acceptors (Lipinski definition) is 12. The van der Waals surface area contributed by atoms with Crippen molar-refractivity contribution in [2.45, 2.75) is 104 Å². The molecule has 1 unspecified atom stereocenters. The van der Waals surface area contributed by atoms with Crippen LogP contribution in [0.3, 0.4) is 0 Å². The van der Waals surface area contributed by atoms with Crippen molar-refractivity contribution >= 4 is 35.3 Å². The van der Waals surface area contributed by atoms with Gasteiger partial charge in [0.2, 0.25) is 11.8 Å². The SMILES string of the molecule is CC(C)(C)OC(=O)C[C@H](CC(=O)C(CCCCNC(=O)OC(C)(C)C)NC(=O)CCOCCOCCOCCN)C(=O)Nc1ccc(CO)cc1. The number of anilines is 1. The molecular formula is C36H60N4O11. The number of hydrogen-bond donors (Lipinski definition) is 5. The van der Waals surface area contributed by atoms with Gasteiger partial charge in [-0.05, 0) is 78.5 Å². The molecule has 0 aliphatic heterocycles. The van der Waals surface area contributed by atoms with Gasteiger partial charge in [-0.25, -0.2) is 4.79 Å². The summed E-state index contributed by atoms with van der Waals surface area (Å²) < 4.78 is 26.8. The van der Waals surface area contributed by atoms with Crippen molar-refractivity contribution < 1.29 is 52.8 Å². The molecule has 1 rings (SSSR count). The Kier molecular flexibility index (Phi) is 21.8. The fraction of sp³-hybridized carbons (Fsp3) is 0.694. The monoisotopic (exact) mass is 724 g/mol. The highest BCUT2D eigenvalue weighted by atomic mass is 16.6. The van der Waals surface area contributed by atoms with Gasteiger partial charge in [0.05, 0.1) is 64.6 Å². The first kappa shape index (κ1) is 45.4. The van der Waals surface area contributed by atoms with E-state index in [4.69, 9.17) is 29.4 Å². The van der Waals surface area contributed by atoms with Gasteiger partial charge in [0.25, 0.3) is 0 Å². The number of aliphatic hydroxyl groups excluding tert-OH is 1. The number of ketones is 1. The van der Waals surface area contributed by atoms with Crippen molar-refractivity contribution in [1.82, 2.24) is 10.6 Å². The summed E-state index contributed by atoms with van der Waals surface area (Å²) in [7, 11) is 0. The van der Waals surface area contributed by atoms with Crippen LogP contribution in [0.5, 0.6) is 0 Å². The van der Waals surface area contributed by atoms with Crippen LogP contribution in [0.4, 0.5) is 10.5 Å². The molecule has 0 fully saturated rings. The van der Waals surface area contributed by atoms with Crippen LogP contribution in [0, 0.1) is 5.92 Å². The fourth-order valence-electron chi connectivity index (χ4n) is 4.51. The van der Waals surface area contributed by atoms with E-state index < -0.39 is 52.8 Å². The van der Waals surface area contributed by atoms with E-state index in [9.17, 15) is 29.1 Å². The van der Waals surface area contributed by atoms with E-state index in [-0.39, 0.29) is 52.0 Å². The second-order valence-corrected chi connectivity index (χ2v) is 13.9. The average molecular weight is 725 g/mol. The molecular weight excluding hydrogens is 664 g/mol. The maximum atomic E-state index is 13.7. The summed E-state index contributed by atoms with van der Waals surface area (Å²) in [6, 6.07) is 5.54. The number of benzene rings is 1. The molecule has 290 valence electrons. The molecule has 1 aromatic rings. The summed E-state index contributed by atoms with van der Waals surface area (Å²) in [4.78, 5) is 64.9. The van der Waals surface area contributed by atoms with E-state index in [0.717, 1.165) is 0 Å². The van der Waals surface area contributed by atoms with Crippen LogP contribution in [0.1, 0.15) is 85.6 Å². The van der Waals surface area contributed by atoms with Crippen molar-refractivity contribution in [3.8, 4) is 0 Å². The molecule has 15 nitrogen and oxygen atoms in total. The average Bonchev–Trinajstić information content (AvgIpc) is 3.03. The molecule has 0 spiro atoms. The Labute approximate surface area is 302 Å². The van der Waals surface area contributed by atoms with Crippen LogP contribution >= 0.6 is 0 Å². The van der Waals surface area contributed by atoms with Gasteiger partial charge in [-0.1, -0.05) is 12.1 Å². The number of carbonyl (C=O) groups is 5. The molecule has 0 aromatic heterocycles. The van der Waals surface area contributed by atoms with Crippen LogP contribution in [0.2, 0.25) is 0 Å². The maximum Gasteiger partial charge on any atom is 0.407 e. The first-order chi connectivity index (χ1) is 24.0. The zero-order valence-electron chi connectivity index (χ0n) is 31.2. The Hall–Kier alpha value is -3.63. The third-order valence-electron chi connectivity index (χ3n) is 6.85. The molecule has 3 amide bonds. The summed E-state index contributed by atoms with van der Waals surface area (Å²) >= 11 is 0. The Balaban J connectivity index is 2.92. The number of nitrogens with two attached hydrogens (primary N) is 1. The lowest BCUT2D eigenvalue weighted by molar-refractivity contribution is -0.157. The quantitative estimate of drug-likeness (QED) is 0.0727. The second-order valence-electron chi connectivity index (χ2n) is 13.9. The number of aliphatic hydroxyl groups is 1. The third kappa shape index (κ3) is 23.5. The molecule has 15 heteroatoms. The topological polar surface area (TPSA) is 214 Å². The van der Waals surface area contributed by atoms with Gasteiger partial charge in [-0.2, -0.15) is 0 Å². The second kappa shape index (κ2) is 24.5. The summed E-state index contributed by atoms with van der Waals surface area (Å²) in [6.07, 6.45) is -0.112. The van der Waals surface area contributed by atoms with Crippen molar-refractivity contribution in [1.29, 1.82) is 0 Å². The smallest absolute Gasteiger partial charge is 0.407 e. The Morgan fingerprint density at radius 1 is 0.784 bits per heavy atom. The molecule has 0 aliphatic carbocycles.